The predicted molar refractivity (Wildman–Crippen MR) is 179 cm³/mol. The number of aromatic nitrogens is 4. The van der Waals surface area contributed by atoms with Crippen LogP contribution in [0.1, 0.15) is 30.7 Å². The summed E-state index contributed by atoms with van der Waals surface area (Å²) in [4.78, 5) is 30.9. The van der Waals surface area contributed by atoms with Crippen molar-refractivity contribution in [3.8, 4) is 22.7 Å². The van der Waals surface area contributed by atoms with E-state index in [2.05, 4.69) is 43.2 Å². The van der Waals surface area contributed by atoms with E-state index in [9.17, 15) is 14.0 Å². The van der Waals surface area contributed by atoms with Gasteiger partial charge in [-0.15, -0.1) is 5.10 Å². The molecule has 0 bridgehead atoms. The first-order chi connectivity index (χ1) is 23.3. The Kier molecular flexibility index (Phi) is 8.63. The Labute approximate surface area is 276 Å². The van der Waals surface area contributed by atoms with E-state index in [1.807, 2.05) is 34.1 Å². The van der Waals surface area contributed by atoms with E-state index in [-0.39, 0.29) is 24.2 Å². The van der Waals surface area contributed by atoms with Gasteiger partial charge in [-0.1, -0.05) is 17.2 Å². The van der Waals surface area contributed by atoms with Gasteiger partial charge in [-0.25, -0.2) is 4.39 Å². The molecule has 4 heterocycles. The lowest BCUT2D eigenvalue weighted by atomic mass is 9.89. The summed E-state index contributed by atoms with van der Waals surface area (Å²) < 4.78 is 24.9. The largest absolute Gasteiger partial charge is 0.403 e. The normalized spacial score (nSPS) is 18.8. The Morgan fingerprint density at radius 3 is 2.48 bits per heavy atom. The number of halogens is 1. The van der Waals surface area contributed by atoms with Crippen molar-refractivity contribution in [2.45, 2.75) is 30.8 Å². The number of hydrogen-bond donors (Lipinski definition) is 3. The summed E-state index contributed by atoms with van der Waals surface area (Å²) in [6.07, 6.45) is 2.23. The van der Waals surface area contributed by atoms with E-state index >= 15 is 0 Å². The second-order valence-electron chi connectivity index (χ2n) is 12.4. The Hall–Kier alpha value is -5.14. The molecule has 5 aromatic rings. The van der Waals surface area contributed by atoms with Crippen LogP contribution >= 0.6 is 0 Å². The van der Waals surface area contributed by atoms with Crippen LogP contribution in [0, 0.1) is 5.82 Å². The number of carbonyl (C=O) groups excluding carboxylic acids is 2. The molecule has 1 unspecified atom stereocenters. The van der Waals surface area contributed by atoms with Gasteiger partial charge in [-0.05, 0) is 85.3 Å². The van der Waals surface area contributed by atoms with Gasteiger partial charge in [-0.3, -0.25) is 19.6 Å². The number of likely N-dealkylation sites (tertiary alicyclic amines) is 2. The number of methoxy groups -OCH3 is 1. The number of fused-ring (bicyclic) bond motifs is 1. The van der Waals surface area contributed by atoms with Crippen LogP contribution in [0.4, 0.5) is 16.1 Å². The number of amides is 2. The summed E-state index contributed by atoms with van der Waals surface area (Å²) in [5, 5.41) is 22.1. The molecule has 248 valence electrons. The number of nitrogens with one attached hydrogen (secondary N) is 3. The number of nitrogens with zero attached hydrogens (tertiary/aromatic N) is 5. The Morgan fingerprint density at radius 2 is 1.77 bits per heavy atom. The lowest BCUT2D eigenvalue weighted by Crippen LogP contribution is -2.48. The van der Waals surface area contributed by atoms with E-state index in [0.29, 0.717) is 61.8 Å². The van der Waals surface area contributed by atoms with Crippen molar-refractivity contribution >= 4 is 34.4 Å². The molecule has 0 spiro atoms. The van der Waals surface area contributed by atoms with Crippen LogP contribution in [-0.2, 0) is 14.3 Å². The standard InChI is InChI=1S/C35H37FN8O4/c1-37-34-42-41-32(48-34)25-5-3-22(4-6-25)23-13-16-44(17-14-23)30(45)20-43-18-15-35(21-43,47-2)33(46)38-27-11-12-29-28(19-27)31(40-39-29)24-7-9-26(36)10-8-24/h3-12,19,23H,13-18,20-21H2,1-2H3,(H,37,42)(H,38,46)(H,39,40). The number of H-pyrrole nitrogens is 1. The van der Waals surface area contributed by atoms with Gasteiger partial charge in [0.15, 0.2) is 5.60 Å². The van der Waals surface area contributed by atoms with Gasteiger partial charge in [0, 0.05) is 62.5 Å². The Morgan fingerprint density at radius 1 is 1.02 bits per heavy atom. The van der Waals surface area contributed by atoms with Crippen LogP contribution in [0.2, 0.25) is 0 Å². The molecule has 13 heteroatoms. The van der Waals surface area contributed by atoms with Crippen molar-refractivity contribution in [1.29, 1.82) is 0 Å². The van der Waals surface area contributed by atoms with E-state index in [1.165, 1.54) is 24.8 Å². The molecule has 0 radical (unpaired) electrons. The summed E-state index contributed by atoms with van der Waals surface area (Å²) in [5.74, 6) is 0.309. The minimum absolute atomic E-state index is 0.0616. The molecular weight excluding hydrogens is 615 g/mol. The van der Waals surface area contributed by atoms with Gasteiger partial charge in [0.05, 0.1) is 17.8 Å². The third kappa shape index (κ3) is 6.26. The SMILES string of the molecule is CNc1nnc(-c2ccc(C3CCN(C(=O)CN4CCC(OC)(C(=O)Nc5ccc6[nH]nc(-c7ccc(F)cc7)c6c5)C4)CC3)cc2)o1. The quantitative estimate of drug-likeness (QED) is 0.203. The number of piperidine rings is 1. The predicted octanol–water partition coefficient (Wildman–Crippen LogP) is 4.90. The zero-order chi connectivity index (χ0) is 33.3. The van der Waals surface area contributed by atoms with E-state index < -0.39 is 5.60 Å². The van der Waals surface area contributed by atoms with Crippen molar-refractivity contribution in [2.75, 3.05) is 57.5 Å². The first-order valence-electron chi connectivity index (χ1n) is 16.1. The third-order valence-electron chi connectivity index (χ3n) is 9.53. The number of benzene rings is 3. The maximum atomic E-state index is 13.6. The number of hydrogen-bond acceptors (Lipinski definition) is 9. The van der Waals surface area contributed by atoms with Crippen LogP contribution in [-0.4, -0.2) is 94.5 Å². The second-order valence-corrected chi connectivity index (χ2v) is 12.4. The van der Waals surface area contributed by atoms with Crippen molar-refractivity contribution in [2.24, 2.45) is 0 Å². The maximum Gasteiger partial charge on any atom is 0.315 e. The molecule has 3 N–H and O–H groups in total. The molecule has 48 heavy (non-hydrogen) atoms. The molecule has 3 aromatic carbocycles. The van der Waals surface area contributed by atoms with Crippen molar-refractivity contribution < 1.29 is 23.1 Å². The first-order valence-corrected chi connectivity index (χ1v) is 16.1. The molecule has 2 aliphatic rings. The summed E-state index contributed by atoms with van der Waals surface area (Å²) >= 11 is 0. The van der Waals surface area contributed by atoms with E-state index in [0.717, 1.165) is 34.9 Å². The monoisotopic (exact) mass is 652 g/mol. The molecule has 2 fully saturated rings. The fourth-order valence-corrected chi connectivity index (χ4v) is 6.69. The minimum atomic E-state index is -1.08. The van der Waals surface area contributed by atoms with Crippen LogP contribution in [0.5, 0.6) is 0 Å². The highest BCUT2D eigenvalue weighted by Crippen LogP contribution is 2.33. The molecule has 2 saturated heterocycles. The van der Waals surface area contributed by atoms with Gasteiger partial charge in [0.1, 0.15) is 5.82 Å². The van der Waals surface area contributed by atoms with Crippen LogP contribution in [0.25, 0.3) is 33.6 Å². The molecule has 0 saturated carbocycles. The molecule has 2 aliphatic heterocycles. The molecule has 12 nitrogen and oxygen atoms in total. The average molecular weight is 653 g/mol. The number of rotatable bonds is 9. The highest BCUT2D eigenvalue weighted by Gasteiger charge is 2.45. The number of ether oxygens (including phenoxy) is 1. The molecule has 2 amide bonds. The Balaban J connectivity index is 0.932. The molecule has 0 aliphatic carbocycles. The minimum Gasteiger partial charge on any atom is -0.403 e. The van der Waals surface area contributed by atoms with Gasteiger partial charge in [-0.2, -0.15) is 5.10 Å². The second kappa shape index (κ2) is 13.2. The zero-order valence-electron chi connectivity index (χ0n) is 26.8. The fourth-order valence-electron chi connectivity index (χ4n) is 6.69. The highest BCUT2D eigenvalue weighted by atomic mass is 19.1. The molecular formula is C35H37FN8O4. The summed E-state index contributed by atoms with van der Waals surface area (Å²) in [7, 11) is 3.27. The highest BCUT2D eigenvalue weighted by molar-refractivity contribution is 6.01. The summed E-state index contributed by atoms with van der Waals surface area (Å²) in [6, 6.07) is 20.2. The average Bonchev–Trinajstić information content (AvgIpc) is 3.88. The fraction of sp³-hybridized carbons (Fsp3) is 0.343. The lowest BCUT2D eigenvalue weighted by Gasteiger charge is -2.33. The molecule has 1 atom stereocenters. The number of carbonyl (C=O) groups is 2. The van der Waals surface area contributed by atoms with Gasteiger partial charge in [0.2, 0.25) is 11.8 Å². The van der Waals surface area contributed by atoms with E-state index in [1.54, 1.807) is 25.2 Å². The van der Waals surface area contributed by atoms with Gasteiger partial charge in [0.25, 0.3) is 5.91 Å². The summed E-state index contributed by atoms with van der Waals surface area (Å²) in [6.45, 7) is 2.48. The smallest absolute Gasteiger partial charge is 0.315 e. The van der Waals surface area contributed by atoms with Crippen LogP contribution in [0.15, 0.2) is 71.1 Å². The van der Waals surface area contributed by atoms with Gasteiger partial charge >= 0.3 is 6.01 Å². The van der Waals surface area contributed by atoms with Gasteiger partial charge < -0.3 is 24.7 Å². The number of aromatic amines is 1. The van der Waals surface area contributed by atoms with Crippen molar-refractivity contribution in [1.82, 2.24) is 30.2 Å². The van der Waals surface area contributed by atoms with Crippen molar-refractivity contribution in [3.63, 3.8) is 0 Å². The van der Waals surface area contributed by atoms with Crippen LogP contribution < -0.4 is 10.6 Å². The van der Waals surface area contributed by atoms with E-state index in [4.69, 9.17) is 9.15 Å². The number of anilines is 2. The maximum absolute atomic E-state index is 13.6. The summed E-state index contributed by atoms with van der Waals surface area (Å²) in [5.41, 5.74) is 3.83. The zero-order valence-corrected chi connectivity index (χ0v) is 26.8. The molecule has 2 aromatic heterocycles. The van der Waals surface area contributed by atoms with Crippen LogP contribution in [0.3, 0.4) is 0 Å². The molecule has 7 rings (SSSR count). The topological polar surface area (TPSA) is 142 Å². The third-order valence-corrected chi connectivity index (χ3v) is 9.53. The van der Waals surface area contributed by atoms with Crippen molar-refractivity contribution in [3.05, 3.63) is 78.1 Å². The first kappa shape index (κ1) is 31.5. The lowest BCUT2D eigenvalue weighted by molar-refractivity contribution is -0.138. The Bertz CT molecular complexity index is 1920.